The molecule has 20 heavy (non-hydrogen) atoms. The molecule has 0 saturated carbocycles. The molecule has 1 N–H and O–H groups in total. The summed E-state index contributed by atoms with van der Waals surface area (Å²) in [6.07, 6.45) is 2.89. The Bertz CT molecular complexity index is 665. The van der Waals surface area contributed by atoms with Gasteiger partial charge in [-0.1, -0.05) is 27.3 Å². The molecule has 2 aromatic rings. The average molecular weight is 353 g/mol. The van der Waals surface area contributed by atoms with Crippen LogP contribution in [0.25, 0.3) is 6.08 Å². The summed E-state index contributed by atoms with van der Waals surface area (Å²) in [7, 11) is 0. The van der Waals surface area contributed by atoms with Gasteiger partial charge < -0.3 is 5.32 Å². The fourth-order valence-corrected chi connectivity index (χ4v) is 2.39. The van der Waals surface area contributed by atoms with Crippen LogP contribution in [0.2, 0.25) is 0 Å². The predicted octanol–water partition coefficient (Wildman–Crippen LogP) is 4.07. The third-order valence-electron chi connectivity index (χ3n) is 2.30. The number of carbonyl (C=O) groups is 1. The van der Waals surface area contributed by atoms with E-state index in [9.17, 15) is 14.9 Å². The minimum atomic E-state index is -0.454. The second kappa shape index (κ2) is 6.44. The molecule has 7 heteroatoms. The lowest BCUT2D eigenvalue weighted by atomic mass is 10.3. The van der Waals surface area contributed by atoms with Gasteiger partial charge in [-0.15, -0.1) is 0 Å². The highest BCUT2D eigenvalue weighted by atomic mass is 79.9. The third-order valence-corrected chi connectivity index (χ3v) is 3.83. The number of nitro groups is 1. The quantitative estimate of drug-likeness (QED) is 0.512. The molecule has 0 aliphatic heterocycles. The smallest absolute Gasteiger partial charge is 0.323 e. The Morgan fingerprint density at radius 3 is 2.55 bits per heavy atom. The zero-order chi connectivity index (χ0) is 14.5. The first-order chi connectivity index (χ1) is 9.54. The van der Waals surface area contributed by atoms with Crippen molar-refractivity contribution in [2.75, 3.05) is 5.32 Å². The van der Waals surface area contributed by atoms with E-state index < -0.39 is 4.92 Å². The van der Waals surface area contributed by atoms with Crippen LogP contribution in [0, 0.1) is 10.1 Å². The summed E-state index contributed by atoms with van der Waals surface area (Å²) in [6.45, 7) is 0. The number of hydrogen-bond acceptors (Lipinski definition) is 4. The van der Waals surface area contributed by atoms with Crippen LogP contribution < -0.4 is 5.32 Å². The lowest BCUT2D eigenvalue weighted by molar-refractivity contribution is -0.380. The highest BCUT2D eigenvalue weighted by molar-refractivity contribution is 9.10. The summed E-state index contributed by atoms with van der Waals surface area (Å²) >= 11 is 4.33. The summed E-state index contributed by atoms with van der Waals surface area (Å²) in [5, 5.41) is 13.3. The van der Waals surface area contributed by atoms with Crippen molar-refractivity contribution >= 4 is 49.9 Å². The number of amides is 1. The largest absolute Gasteiger partial charge is 0.324 e. The van der Waals surface area contributed by atoms with E-state index in [4.69, 9.17) is 0 Å². The second-order valence-electron chi connectivity index (χ2n) is 3.76. The van der Waals surface area contributed by atoms with Crippen molar-refractivity contribution in [2.24, 2.45) is 0 Å². The second-order valence-corrected chi connectivity index (χ2v) is 5.77. The summed E-state index contributed by atoms with van der Waals surface area (Å²) in [5.41, 5.74) is 0.681. The van der Waals surface area contributed by atoms with Crippen LogP contribution in [0.5, 0.6) is 0 Å². The van der Waals surface area contributed by atoms with Crippen LogP contribution in [0.3, 0.4) is 0 Å². The molecule has 1 aromatic heterocycles. The molecular weight excluding hydrogens is 344 g/mol. The molecule has 102 valence electrons. The number of hydrogen-bond donors (Lipinski definition) is 1. The first-order valence-corrected chi connectivity index (χ1v) is 7.14. The molecule has 0 aliphatic carbocycles. The zero-order valence-corrected chi connectivity index (χ0v) is 12.5. The first kappa shape index (κ1) is 14.4. The molecule has 1 amide bonds. The Hall–Kier alpha value is -1.99. The van der Waals surface area contributed by atoms with Crippen molar-refractivity contribution < 1.29 is 9.72 Å². The number of nitrogens with one attached hydrogen (secondary N) is 1. The van der Waals surface area contributed by atoms with E-state index in [-0.39, 0.29) is 10.9 Å². The van der Waals surface area contributed by atoms with Crippen LogP contribution in [0.1, 0.15) is 4.88 Å². The van der Waals surface area contributed by atoms with Gasteiger partial charge in [-0.2, -0.15) is 0 Å². The number of carbonyl (C=O) groups excluding carboxylic acids is 1. The van der Waals surface area contributed by atoms with Gasteiger partial charge in [-0.25, -0.2) is 0 Å². The Labute approximate surface area is 127 Å². The average Bonchev–Trinajstić information content (AvgIpc) is 2.88. The van der Waals surface area contributed by atoms with Gasteiger partial charge in [0.1, 0.15) is 0 Å². The Kier molecular flexibility index (Phi) is 4.65. The SMILES string of the molecule is O=C(/C=C/c1ccc([N+](=O)[O-])s1)Nc1ccc(Br)cc1. The van der Waals surface area contributed by atoms with E-state index in [1.54, 1.807) is 24.3 Å². The zero-order valence-electron chi connectivity index (χ0n) is 10.1. The molecule has 0 unspecified atom stereocenters. The molecule has 1 aromatic carbocycles. The molecule has 1 heterocycles. The molecule has 5 nitrogen and oxygen atoms in total. The van der Waals surface area contributed by atoms with Gasteiger partial charge in [0, 0.05) is 27.2 Å². The highest BCUT2D eigenvalue weighted by Gasteiger charge is 2.07. The summed E-state index contributed by atoms with van der Waals surface area (Å²) in [4.78, 5) is 22.4. The van der Waals surface area contributed by atoms with Gasteiger partial charge in [0.15, 0.2) is 0 Å². The van der Waals surface area contributed by atoms with Crippen LogP contribution in [0.4, 0.5) is 10.7 Å². The van der Waals surface area contributed by atoms with Crippen LogP contribution in [0.15, 0.2) is 46.9 Å². The molecule has 2 rings (SSSR count). The highest BCUT2D eigenvalue weighted by Crippen LogP contribution is 2.24. The van der Waals surface area contributed by atoms with E-state index >= 15 is 0 Å². The van der Waals surface area contributed by atoms with Crippen LogP contribution in [-0.2, 0) is 4.79 Å². The standard InChI is InChI=1S/C13H9BrN2O3S/c14-9-1-3-10(4-2-9)15-12(17)7-5-11-6-8-13(20-11)16(18)19/h1-8H,(H,15,17)/b7-5+. The topological polar surface area (TPSA) is 72.2 Å². The first-order valence-electron chi connectivity index (χ1n) is 5.53. The lowest BCUT2D eigenvalue weighted by Gasteiger charge is -2.01. The molecule has 0 fully saturated rings. The van der Waals surface area contributed by atoms with Crippen LogP contribution in [-0.4, -0.2) is 10.8 Å². The summed E-state index contributed by atoms with van der Waals surface area (Å²) < 4.78 is 0.928. The van der Waals surface area contributed by atoms with E-state index in [2.05, 4.69) is 21.2 Å². The van der Waals surface area contributed by atoms with E-state index in [1.807, 2.05) is 12.1 Å². The number of anilines is 1. The fourth-order valence-electron chi connectivity index (χ4n) is 1.40. The van der Waals surface area contributed by atoms with Gasteiger partial charge in [0.2, 0.25) is 5.91 Å². The number of thiophene rings is 1. The fraction of sp³-hybridized carbons (Fsp3) is 0. The molecule has 0 bridgehead atoms. The molecule has 0 spiro atoms. The van der Waals surface area contributed by atoms with E-state index in [1.165, 1.54) is 12.1 Å². The predicted molar refractivity (Wildman–Crippen MR) is 82.8 cm³/mol. The Balaban J connectivity index is 1.98. The molecular formula is C13H9BrN2O3S. The number of rotatable bonds is 4. The van der Waals surface area contributed by atoms with Gasteiger partial charge >= 0.3 is 5.00 Å². The van der Waals surface area contributed by atoms with Gasteiger partial charge in [-0.3, -0.25) is 14.9 Å². The minimum absolute atomic E-state index is 0.0537. The van der Waals surface area contributed by atoms with E-state index in [0.29, 0.717) is 10.6 Å². The molecule has 0 atom stereocenters. The van der Waals surface area contributed by atoms with Crippen molar-refractivity contribution in [3.05, 3.63) is 61.9 Å². The Morgan fingerprint density at radius 2 is 1.95 bits per heavy atom. The lowest BCUT2D eigenvalue weighted by Crippen LogP contribution is -2.07. The van der Waals surface area contributed by atoms with Crippen molar-refractivity contribution in [1.82, 2.24) is 0 Å². The molecule has 0 saturated heterocycles. The van der Waals surface area contributed by atoms with Gasteiger partial charge in [0.05, 0.1) is 4.92 Å². The van der Waals surface area contributed by atoms with Gasteiger partial charge in [0.25, 0.3) is 0 Å². The van der Waals surface area contributed by atoms with Crippen molar-refractivity contribution in [2.45, 2.75) is 0 Å². The van der Waals surface area contributed by atoms with Gasteiger partial charge in [-0.05, 0) is 36.4 Å². The minimum Gasteiger partial charge on any atom is -0.323 e. The summed E-state index contributed by atoms with van der Waals surface area (Å²) in [5.74, 6) is -0.289. The van der Waals surface area contributed by atoms with Crippen molar-refractivity contribution in [3.8, 4) is 0 Å². The molecule has 0 aliphatic rings. The molecule has 0 radical (unpaired) electrons. The maximum absolute atomic E-state index is 11.7. The third kappa shape index (κ3) is 4.01. The maximum atomic E-state index is 11.7. The van der Waals surface area contributed by atoms with Crippen LogP contribution >= 0.6 is 27.3 Å². The van der Waals surface area contributed by atoms with Crippen molar-refractivity contribution in [1.29, 1.82) is 0 Å². The monoisotopic (exact) mass is 352 g/mol. The van der Waals surface area contributed by atoms with E-state index in [0.717, 1.165) is 15.8 Å². The maximum Gasteiger partial charge on any atom is 0.324 e. The normalized spacial score (nSPS) is 10.7. The Morgan fingerprint density at radius 1 is 1.25 bits per heavy atom. The number of halogens is 1. The summed E-state index contributed by atoms with van der Waals surface area (Å²) in [6, 6.07) is 10.2. The van der Waals surface area contributed by atoms with Crippen molar-refractivity contribution in [3.63, 3.8) is 0 Å². The number of nitrogens with zero attached hydrogens (tertiary/aromatic N) is 1. The number of benzene rings is 1.